The van der Waals surface area contributed by atoms with E-state index in [0.29, 0.717) is 0 Å². The van der Waals surface area contributed by atoms with Crippen molar-refractivity contribution in [3.63, 3.8) is 0 Å². The van der Waals surface area contributed by atoms with Crippen LogP contribution in [0.2, 0.25) is 0 Å². The molecule has 36 heavy (non-hydrogen) atoms. The molecule has 0 bridgehead atoms. The quantitative estimate of drug-likeness (QED) is 0.264. The molecule has 0 unspecified atom stereocenters. The zero-order valence-corrected chi connectivity index (χ0v) is 19.3. The zero-order valence-electron chi connectivity index (χ0n) is 19.3. The van der Waals surface area contributed by atoms with Crippen LogP contribution in [0.5, 0.6) is 0 Å². The second-order valence-corrected chi connectivity index (χ2v) is 9.12. The molecule has 0 fully saturated rings. The van der Waals surface area contributed by atoms with Gasteiger partial charge in [-0.3, -0.25) is 9.55 Å². The summed E-state index contributed by atoms with van der Waals surface area (Å²) in [4.78, 5) is 10.1. The highest BCUT2D eigenvalue weighted by Crippen LogP contribution is 2.40. The monoisotopic (exact) mass is 460 g/mol. The summed E-state index contributed by atoms with van der Waals surface area (Å²) >= 11 is 0. The third-order valence-corrected chi connectivity index (χ3v) is 7.14. The summed E-state index contributed by atoms with van der Waals surface area (Å²) in [5.74, 6) is 0.888. The van der Waals surface area contributed by atoms with Crippen LogP contribution in [0.1, 0.15) is 0 Å². The Labute approximate surface area is 206 Å². The maximum atomic E-state index is 5.11. The van der Waals surface area contributed by atoms with Crippen molar-refractivity contribution in [1.29, 1.82) is 0 Å². The Morgan fingerprint density at radius 2 is 1.19 bits per heavy atom. The standard InChI is InChI=1S/C32H20N4/c1-2-11-22(12-3-1)35-27-16-8-5-13-23(27)25-20-33-30-24-14-6-9-17-28(24)36(32(30)31(25)35)29-19-18-21-10-4-7-15-26(21)34-29/h1-20H. The van der Waals surface area contributed by atoms with Crippen LogP contribution in [-0.2, 0) is 0 Å². The predicted molar refractivity (Wildman–Crippen MR) is 148 cm³/mol. The number of nitrogens with zero attached hydrogens (tertiary/aromatic N) is 4. The average molecular weight is 461 g/mol. The number of benzene rings is 4. The topological polar surface area (TPSA) is 35.6 Å². The minimum Gasteiger partial charge on any atom is -0.307 e. The van der Waals surface area contributed by atoms with Crippen molar-refractivity contribution in [3.05, 3.63) is 121 Å². The highest BCUT2D eigenvalue weighted by molar-refractivity contribution is 6.22. The molecular formula is C32H20N4. The molecule has 0 aliphatic carbocycles. The molecular weight excluding hydrogens is 440 g/mol. The maximum absolute atomic E-state index is 5.11. The predicted octanol–water partition coefficient (Wildman–Crippen LogP) is 7.82. The van der Waals surface area contributed by atoms with Gasteiger partial charge in [-0.25, -0.2) is 4.98 Å². The van der Waals surface area contributed by atoms with Gasteiger partial charge in [0.15, 0.2) is 0 Å². The molecule has 168 valence electrons. The van der Waals surface area contributed by atoms with Gasteiger partial charge in [-0.05, 0) is 42.5 Å². The smallest absolute Gasteiger partial charge is 0.138 e. The van der Waals surface area contributed by atoms with Gasteiger partial charge in [-0.2, -0.15) is 0 Å². The first-order chi connectivity index (χ1) is 17.9. The second kappa shape index (κ2) is 7.27. The third kappa shape index (κ3) is 2.58. The van der Waals surface area contributed by atoms with Crippen LogP contribution in [0.25, 0.3) is 66.2 Å². The largest absolute Gasteiger partial charge is 0.307 e. The third-order valence-electron chi connectivity index (χ3n) is 7.14. The van der Waals surface area contributed by atoms with E-state index < -0.39 is 0 Å². The SMILES string of the molecule is c1ccc(-n2c3ccccc3c3cnc4c5ccccc5n(-c5ccc6ccccc6n5)c4c32)cc1. The molecule has 4 aromatic carbocycles. The summed E-state index contributed by atoms with van der Waals surface area (Å²) in [5.41, 5.74) is 7.55. The van der Waals surface area contributed by atoms with E-state index >= 15 is 0 Å². The lowest BCUT2D eigenvalue weighted by molar-refractivity contribution is 1.09. The Morgan fingerprint density at radius 1 is 0.500 bits per heavy atom. The molecule has 4 nitrogen and oxygen atoms in total. The summed E-state index contributed by atoms with van der Waals surface area (Å²) in [6, 6.07) is 40.2. The number of hydrogen-bond donors (Lipinski definition) is 0. The molecule has 0 saturated heterocycles. The number of hydrogen-bond acceptors (Lipinski definition) is 2. The van der Waals surface area contributed by atoms with Gasteiger partial charge in [0.25, 0.3) is 0 Å². The summed E-state index contributed by atoms with van der Waals surface area (Å²) in [6.07, 6.45) is 2.03. The molecule has 0 spiro atoms. The fourth-order valence-electron chi connectivity index (χ4n) is 5.59. The van der Waals surface area contributed by atoms with Crippen molar-refractivity contribution in [2.45, 2.75) is 0 Å². The lowest BCUT2D eigenvalue weighted by Gasteiger charge is -2.12. The minimum absolute atomic E-state index is 0.888. The van der Waals surface area contributed by atoms with Gasteiger partial charge >= 0.3 is 0 Å². The van der Waals surface area contributed by atoms with E-state index in [2.05, 4.69) is 118 Å². The van der Waals surface area contributed by atoms with Crippen LogP contribution in [0.15, 0.2) is 121 Å². The van der Waals surface area contributed by atoms with Crippen molar-refractivity contribution in [2.75, 3.05) is 0 Å². The number of pyridine rings is 2. The fraction of sp³-hybridized carbons (Fsp3) is 0. The first-order valence-electron chi connectivity index (χ1n) is 12.1. The van der Waals surface area contributed by atoms with Crippen LogP contribution in [0.3, 0.4) is 0 Å². The zero-order chi connectivity index (χ0) is 23.6. The van der Waals surface area contributed by atoms with Crippen LogP contribution in [0.4, 0.5) is 0 Å². The molecule has 0 N–H and O–H groups in total. The molecule has 4 heterocycles. The van der Waals surface area contributed by atoms with Crippen LogP contribution < -0.4 is 0 Å². The van der Waals surface area contributed by atoms with Crippen molar-refractivity contribution in [3.8, 4) is 11.5 Å². The molecule has 0 aliphatic heterocycles. The van der Waals surface area contributed by atoms with E-state index in [-0.39, 0.29) is 0 Å². The molecule has 4 aromatic heterocycles. The highest BCUT2D eigenvalue weighted by atomic mass is 15.1. The average Bonchev–Trinajstić information content (AvgIpc) is 3.46. The molecule has 0 aliphatic rings. The van der Waals surface area contributed by atoms with Gasteiger partial charge in [0.2, 0.25) is 0 Å². The summed E-state index contributed by atoms with van der Waals surface area (Å²) in [7, 11) is 0. The summed E-state index contributed by atoms with van der Waals surface area (Å²) < 4.78 is 4.65. The number of fused-ring (bicyclic) bond motifs is 8. The molecule has 8 aromatic rings. The molecule has 0 saturated carbocycles. The highest BCUT2D eigenvalue weighted by Gasteiger charge is 2.22. The van der Waals surface area contributed by atoms with Crippen LogP contribution >= 0.6 is 0 Å². The van der Waals surface area contributed by atoms with Crippen molar-refractivity contribution >= 4 is 54.6 Å². The van der Waals surface area contributed by atoms with E-state index in [1.54, 1.807) is 0 Å². The second-order valence-electron chi connectivity index (χ2n) is 9.12. The molecule has 8 rings (SSSR count). The van der Waals surface area contributed by atoms with Crippen LogP contribution in [0, 0.1) is 0 Å². The lowest BCUT2D eigenvalue weighted by Crippen LogP contribution is -2.01. The maximum Gasteiger partial charge on any atom is 0.138 e. The molecule has 0 atom stereocenters. The number of aromatic nitrogens is 4. The Kier molecular flexibility index (Phi) is 3.91. The number of para-hydroxylation sites is 4. The van der Waals surface area contributed by atoms with E-state index in [1.165, 1.54) is 5.39 Å². The first-order valence-corrected chi connectivity index (χ1v) is 12.1. The van der Waals surface area contributed by atoms with Crippen molar-refractivity contribution < 1.29 is 0 Å². The lowest BCUT2D eigenvalue weighted by atomic mass is 10.2. The fourth-order valence-corrected chi connectivity index (χ4v) is 5.59. The normalized spacial score (nSPS) is 11.9. The molecule has 0 radical (unpaired) electrons. The van der Waals surface area contributed by atoms with Crippen molar-refractivity contribution in [2.24, 2.45) is 0 Å². The van der Waals surface area contributed by atoms with Gasteiger partial charge in [-0.15, -0.1) is 0 Å². The first kappa shape index (κ1) is 19.4. The Balaban J connectivity index is 1.64. The van der Waals surface area contributed by atoms with Gasteiger partial charge in [0.05, 0.1) is 33.1 Å². The van der Waals surface area contributed by atoms with E-state index in [1.807, 2.05) is 12.3 Å². The molecule has 4 heteroatoms. The summed E-state index contributed by atoms with van der Waals surface area (Å²) in [5, 5.41) is 4.57. The minimum atomic E-state index is 0.888. The van der Waals surface area contributed by atoms with Crippen molar-refractivity contribution in [1.82, 2.24) is 19.1 Å². The summed E-state index contributed by atoms with van der Waals surface area (Å²) in [6.45, 7) is 0. The van der Waals surface area contributed by atoms with Gasteiger partial charge in [-0.1, -0.05) is 72.8 Å². The van der Waals surface area contributed by atoms with Gasteiger partial charge in [0, 0.05) is 33.4 Å². The van der Waals surface area contributed by atoms with Gasteiger partial charge in [0.1, 0.15) is 5.82 Å². The Morgan fingerprint density at radius 3 is 2.06 bits per heavy atom. The van der Waals surface area contributed by atoms with Crippen LogP contribution in [-0.4, -0.2) is 19.1 Å². The van der Waals surface area contributed by atoms with E-state index in [4.69, 9.17) is 9.97 Å². The molecule has 0 amide bonds. The number of rotatable bonds is 2. The van der Waals surface area contributed by atoms with E-state index in [9.17, 15) is 0 Å². The Bertz CT molecular complexity index is 2100. The van der Waals surface area contributed by atoms with Gasteiger partial charge < -0.3 is 4.57 Å². The van der Waals surface area contributed by atoms with E-state index in [0.717, 1.165) is 60.8 Å². The Hall–Kier alpha value is -4.96.